The molecule has 8 nitrogen and oxygen atoms in total. The number of fused-ring (bicyclic) bond motifs is 2. The normalized spacial score (nSPS) is 11.5. The molecule has 0 saturated heterocycles. The van der Waals surface area contributed by atoms with E-state index in [2.05, 4.69) is 69.1 Å². The summed E-state index contributed by atoms with van der Waals surface area (Å²) in [6, 6.07) is 20.8. The lowest BCUT2D eigenvalue weighted by Gasteiger charge is -2.14. The Morgan fingerprint density at radius 2 is 1.76 bits per heavy atom. The molecule has 9 heteroatoms. The number of benzene rings is 3. The van der Waals surface area contributed by atoms with Gasteiger partial charge in [0.25, 0.3) is 0 Å². The van der Waals surface area contributed by atoms with Gasteiger partial charge in [-0.15, -0.1) is 0 Å². The third-order valence-electron chi connectivity index (χ3n) is 8.22. The second-order valence-electron chi connectivity index (χ2n) is 11.0. The molecule has 0 aliphatic carbocycles. The van der Waals surface area contributed by atoms with Crippen molar-refractivity contribution in [3.63, 3.8) is 0 Å². The minimum Gasteiger partial charge on any atom is -0.493 e. The third-order valence-corrected chi connectivity index (χ3v) is 8.76. The highest BCUT2D eigenvalue weighted by molar-refractivity contribution is 9.08. The predicted molar refractivity (Wildman–Crippen MR) is 185 cm³/mol. The SMILES string of the molecule is CCOC(=O)c1c(CCCOc2cccc3ccccc23)c2cccc(-c3c(CBr)nn(CCOC)c3C)c2n1CCCNC. The number of halogens is 1. The lowest BCUT2D eigenvalue weighted by atomic mass is 9.98. The number of methoxy groups -OCH3 is 1. The Labute approximate surface area is 273 Å². The highest BCUT2D eigenvalue weighted by atomic mass is 79.9. The van der Waals surface area contributed by atoms with Crippen LogP contribution in [0.5, 0.6) is 5.75 Å². The molecule has 0 bridgehead atoms. The van der Waals surface area contributed by atoms with Crippen LogP contribution in [0.4, 0.5) is 0 Å². The topological polar surface area (TPSA) is 79.5 Å². The maximum absolute atomic E-state index is 13.7. The van der Waals surface area contributed by atoms with Crippen LogP contribution in [-0.2, 0) is 34.3 Å². The first kappa shape index (κ1) is 32.7. The van der Waals surface area contributed by atoms with Gasteiger partial charge in [-0.2, -0.15) is 5.10 Å². The first-order valence-corrected chi connectivity index (χ1v) is 16.8. The van der Waals surface area contributed by atoms with E-state index in [0.29, 0.717) is 50.4 Å². The molecule has 45 heavy (non-hydrogen) atoms. The molecular weight excluding hydrogens is 632 g/mol. The van der Waals surface area contributed by atoms with Gasteiger partial charge in [0.1, 0.15) is 11.4 Å². The van der Waals surface area contributed by atoms with E-state index in [1.165, 1.54) is 0 Å². The van der Waals surface area contributed by atoms with Crippen molar-refractivity contribution in [2.75, 3.05) is 40.5 Å². The van der Waals surface area contributed by atoms with Crippen LogP contribution in [0.1, 0.15) is 47.2 Å². The molecule has 238 valence electrons. The van der Waals surface area contributed by atoms with Crippen LogP contribution in [0.2, 0.25) is 0 Å². The second kappa shape index (κ2) is 15.6. The second-order valence-corrected chi connectivity index (χ2v) is 11.6. The molecule has 0 radical (unpaired) electrons. The van der Waals surface area contributed by atoms with Crippen molar-refractivity contribution in [2.45, 2.75) is 51.5 Å². The average molecular weight is 676 g/mol. The Bertz CT molecular complexity index is 1750. The minimum absolute atomic E-state index is 0.290. The molecule has 2 heterocycles. The summed E-state index contributed by atoms with van der Waals surface area (Å²) < 4.78 is 21.5. The molecule has 0 amide bonds. The first-order valence-electron chi connectivity index (χ1n) is 15.7. The van der Waals surface area contributed by atoms with E-state index in [-0.39, 0.29) is 5.97 Å². The molecule has 5 aromatic rings. The number of aryl methyl sites for hydroxylation is 2. The molecule has 0 unspecified atom stereocenters. The number of aromatic nitrogens is 3. The molecule has 0 spiro atoms. The van der Waals surface area contributed by atoms with E-state index >= 15 is 0 Å². The summed E-state index contributed by atoms with van der Waals surface area (Å²) in [6.07, 6.45) is 2.29. The lowest BCUT2D eigenvalue weighted by molar-refractivity contribution is 0.0512. The van der Waals surface area contributed by atoms with Crippen LogP contribution in [0.15, 0.2) is 60.7 Å². The van der Waals surface area contributed by atoms with Crippen molar-refractivity contribution in [2.24, 2.45) is 0 Å². The summed E-state index contributed by atoms with van der Waals surface area (Å²) in [5.41, 5.74) is 6.85. The van der Waals surface area contributed by atoms with Crippen LogP contribution in [0, 0.1) is 6.92 Å². The van der Waals surface area contributed by atoms with E-state index in [0.717, 1.165) is 74.9 Å². The van der Waals surface area contributed by atoms with Crippen molar-refractivity contribution in [3.05, 3.63) is 83.3 Å². The zero-order valence-electron chi connectivity index (χ0n) is 26.7. The Hall–Kier alpha value is -3.66. The Balaban J connectivity index is 1.58. The third kappa shape index (κ3) is 6.95. The maximum atomic E-state index is 13.7. The molecule has 0 fully saturated rings. The Kier molecular flexibility index (Phi) is 11.3. The van der Waals surface area contributed by atoms with Gasteiger partial charge in [0.2, 0.25) is 0 Å². The van der Waals surface area contributed by atoms with Gasteiger partial charge in [0, 0.05) is 46.6 Å². The van der Waals surface area contributed by atoms with Gasteiger partial charge in [-0.3, -0.25) is 4.68 Å². The van der Waals surface area contributed by atoms with Crippen LogP contribution in [0.25, 0.3) is 32.8 Å². The fraction of sp³-hybridized carbons (Fsp3) is 0.389. The molecule has 0 aliphatic heterocycles. The van der Waals surface area contributed by atoms with Gasteiger partial charge >= 0.3 is 5.97 Å². The summed E-state index contributed by atoms with van der Waals surface area (Å²) in [7, 11) is 3.66. The smallest absolute Gasteiger partial charge is 0.355 e. The highest BCUT2D eigenvalue weighted by Gasteiger charge is 2.27. The van der Waals surface area contributed by atoms with Gasteiger partial charge < -0.3 is 24.1 Å². The van der Waals surface area contributed by atoms with Crippen molar-refractivity contribution >= 4 is 43.6 Å². The lowest BCUT2D eigenvalue weighted by Crippen LogP contribution is -2.17. The van der Waals surface area contributed by atoms with Gasteiger partial charge in [-0.05, 0) is 63.7 Å². The van der Waals surface area contributed by atoms with E-state index in [9.17, 15) is 4.79 Å². The monoisotopic (exact) mass is 674 g/mol. The van der Waals surface area contributed by atoms with Crippen molar-refractivity contribution in [1.29, 1.82) is 0 Å². The number of rotatable bonds is 16. The molecule has 5 rings (SSSR count). The Morgan fingerprint density at radius 3 is 2.53 bits per heavy atom. The number of hydrogen-bond acceptors (Lipinski definition) is 6. The molecule has 0 aliphatic rings. The summed E-state index contributed by atoms with van der Waals surface area (Å²) >= 11 is 3.68. The van der Waals surface area contributed by atoms with Crippen LogP contribution in [-0.4, -0.2) is 60.8 Å². The minimum atomic E-state index is -0.290. The van der Waals surface area contributed by atoms with Crippen molar-refractivity contribution in [1.82, 2.24) is 19.7 Å². The number of hydrogen-bond donors (Lipinski definition) is 1. The predicted octanol–water partition coefficient (Wildman–Crippen LogP) is 7.31. The van der Waals surface area contributed by atoms with Gasteiger partial charge in [-0.1, -0.05) is 70.5 Å². The highest BCUT2D eigenvalue weighted by Crippen LogP contribution is 2.39. The number of alkyl halides is 1. The quantitative estimate of drug-likeness (QED) is 0.0672. The fourth-order valence-corrected chi connectivity index (χ4v) is 6.60. The number of carbonyl (C=O) groups is 1. The molecule has 3 aromatic carbocycles. The number of ether oxygens (including phenoxy) is 3. The Morgan fingerprint density at radius 1 is 0.978 bits per heavy atom. The van der Waals surface area contributed by atoms with Crippen LogP contribution < -0.4 is 10.1 Å². The van der Waals surface area contributed by atoms with E-state index < -0.39 is 0 Å². The van der Waals surface area contributed by atoms with E-state index in [1.54, 1.807) is 7.11 Å². The molecular formula is C36H43BrN4O4. The zero-order chi connectivity index (χ0) is 31.8. The average Bonchev–Trinajstić information content (AvgIpc) is 3.55. The number of nitrogens with one attached hydrogen (secondary N) is 1. The van der Waals surface area contributed by atoms with Gasteiger partial charge in [0.05, 0.1) is 37.6 Å². The number of para-hydroxylation sites is 1. The molecule has 2 aromatic heterocycles. The maximum Gasteiger partial charge on any atom is 0.355 e. The molecule has 0 saturated carbocycles. The molecule has 0 atom stereocenters. The van der Waals surface area contributed by atoms with Crippen LogP contribution in [0.3, 0.4) is 0 Å². The number of esters is 1. The molecule has 1 N–H and O–H groups in total. The van der Waals surface area contributed by atoms with Crippen molar-refractivity contribution < 1.29 is 19.0 Å². The summed E-state index contributed by atoms with van der Waals surface area (Å²) in [5, 5.41) is 12.1. The summed E-state index contributed by atoms with van der Waals surface area (Å²) in [6.45, 7) is 7.55. The van der Waals surface area contributed by atoms with Crippen molar-refractivity contribution in [3.8, 4) is 16.9 Å². The summed E-state index contributed by atoms with van der Waals surface area (Å²) in [5.74, 6) is 0.584. The summed E-state index contributed by atoms with van der Waals surface area (Å²) in [4.78, 5) is 13.7. The standard InChI is InChI=1S/C36H43BrN4O4/c1-5-44-36(42)35-29(17-10-22-45-32-18-8-13-26-12-6-7-14-27(26)32)28-15-9-16-30(34(28)40(35)20-11-19-38-3)33-25(2)41(21-23-43-4)39-31(33)24-37/h6-9,12-16,18,38H,5,10-11,17,19-24H2,1-4H3. The van der Waals surface area contributed by atoms with E-state index in [4.69, 9.17) is 19.3 Å². The fourth-order valence-electron chi connectivity index (χ4n) is 6.21. The van der Waals surface area contributed by atoms with E-state index in [1.807, 2.05) is 42.9 Å². The number of carbonyl (C=O) groups excluding carboxylic acids is 1. The first-order chi connectivity index (χ1) is 22.0. The van der Waals surface area contributed by atoms with Gasteiger partial charge in [-0.25, -0.2) is 4.79 Å². The largest absolute Gasteiger partial charge is 0.493 e. The van der Waals surface area contributed by atoms with Gasteiger partial charge in [0.15, 0.2) is 0 Å². The van der Waals surface area contributed by atoms with Crippen LogP contribution >= 0.6 is 15.9 Å². The zero-order valence-corrected chi connectivity index (χ0v) is 28.3. The number of nitrogens with zero attached hydrogens (tertiary/aromatic N) is 3.